The smallest absolute Gasteiger partial charge is 0.138 e. The van der Waals surface area contributed by atoms with E-state index in [9.17, 15) is 0 Å². The molecule has 130 valence electrons. The van der Waals surface area contributed by atoms with Crippen molar-refractivity contribution in [2.45, 2.75) is 27.2 Å². The minimum atomic E-state index is 0.0962. The molecule has 0 amide bonds. The number of H-pyrrole nitrogens is 2. The lowest BCUT2D eigenvalue weighted by Gasteiger charge is -2.05. The Balaban J connectivity index is 0.000000205. The number of rotatable bonds is 3. The molecule has 0 saturated heterocycles. The number of hydrogen-bond donors (Lipinski definition) is 4. The van der Waals surface area contributed by atoms with Crippen LogP contribution in [0.2, 0.25) is 0 Å². The predicted molar refractivity (Wildman–Crippen MR) is 101 cm³/mol. The van der Waals surface area contributed by atoms with E-state index in [0.717, 1.165) is 6.42 Å². The van der Waals surface area contributed by atoms with Crippen LogP contribution in [0.3, 0.4) is 0 Å². The Bertz CT molecular complexity index is 695. The number of aromatic amines is 2. The molecule has 0 bridgehead atoms. The monoisotopic (exact) mass is 329 g/mol. The number of anilines is 1. The van der Waals surface area contributed by atoms with Gasteiger partial charge in [0.25, 0.3) is 0 Å². The summed E-state index contributed by atoms with van der Waals surface area (Å²) in [5, 5.41) is 15.0. The van der Waals surface area contributed by atoms with Gasteiger partial charge in [0, 0.05) is 6.07 Å². The average Bonchev–Trinajstić information content (AvgIpc) is 2.58. The van der Waals surface area contributed by atoms with Crippen molar-refractivity contribution in [2.75, 3.05) is 12.3 Å². The second kappa shape index (κ2) is 10.8. The highest BCUT2D eigenvalue weighted by Crippen LogP contribution is 2.24. The fourth-order valence-electron chi connectivity index (χ4n) is 1.62. The molecule has 5 N–H and O–H groups in total. The van der Waals surface area contributed by atoms with Crippen molar-refractivity contribution in [3.63, 3.8) is 0 Å². The van der Waals surface area contributed by atoms with E-state index in [0.29, 0.717) is 18.0 Å². The molecule has 5 heteroatoms. The highest BCUT2D eigenvalue weighted by molar-refractivity contribution is 5.75. The van der Waals surface area contributed by atoms with Crippen molar-refractivity contribution in [3.05, 3.63) is 54.6 Å². The van der Waals surface area contributed by atoms with Crippen molar-refractivity contribution in [2.24, 2.45) is 0 Å². The third-order valence-electron chi connectivity index (χ3n) is 3.06. The van der Waals surface area contributed by atoms with Crippen LogP contribution in [0.15, 0.2) is 54.6 Å². The van der Waals surface area contributed by atoms with Crippen LogP contribution in [-0.4, -0.2) is 21.9 Å². The molecule has 0 spiro atoms. The Morgan fingerprint density at radius 2 is 1.62 bits per heavy atom. The van der Waals surface area contributed by atoms with Gasteiger partial charge in [-0.2, -0.15) is 0 Å². The van der Waals surface area contributed by atoms with Gasteiger partial charge in [0.05, 0.1) is 23.3 Å². The zero-order valence-electron chi connectivity index (χ0n) is 14.5. The first kappa shape index (κ1) is 19.2. The number of fused-ring (bicyclic) bond motifs is 1. The lowest BCUT2D eigenvalue weighted by molar-refractivity contribution is 0.317. The van der Waals surface area contributed by atoms with Gasteiger partial charge < -0.3 is 15.6 Å². The summed E-state index contributed by atoms with van der Waals surface area (Å²) in [7, 11) is 0. The van der Waals surface area contributed by atoms with Crippen molar-refractivity contribution in [3.8, 4) is 11.5 Å². The molecule has 0 aliphatic heterocycles. The number of hydrogen-bond acceptors (Lipinski definition) is 3. The maximum atomic E-state index is 9.09. The number of nitrogens with two attached hydrogens (primary N) is 1. The number of phenolic OH excluding ortho intramolecular Hbond substituents is 1. The van der Waals surface area contributed by atoms with Crippen LogP contribution in [-0.2, 0) is 0 Å². The number of para-hydroxylation sites is 2. The molecule has 3 rings (SSSR count). The van der Waals surface area contributed by atoms with Gasteiger partial charge >= 0.3 is 0 Å². The first-order valence-corrected chi connectivity index (χ1v) is 8.02. The van der Waals surface area contributed by atoms with Gasteiger partial charge in [-0.15, -0.1) is 0 Å². The van der Waals surface area contributed by atoms with Crippen LogP contribution in [0, 0.1) is 0 Å². The van der Waals surface area contributed by atoms with E-state index in [1.54, 1.807) is 12.1 Å². The van der Waals surface area contributed by atoms with Gasteiger partial charge in [-0.1, -0.05) is 31.2 Å². The molecule has 0 saturated carbocycles. The van der Waals surface area contributed by atoms with Crippen LogP contribution >= 0.6 is 0 Å². The summed E-state index contributed by atoms with van der Waals surface area (Å²) in [5.41, 5.74) is 8.19. The molecule has 0 atom stereocenters. The van der Waals surface area contributed by atoms with E-state index >= 15 is 0 Å². The molecular weight excluding hydrogens is 302 g/mol. The zero-order valence-corrected chi connectivity index (χ0v) is 14.5. The Morgan fingerprint density at radius 3 is 2.00 bits per heavy atom. The number of aromatic nitrogens is 2. The Hall–Kier alpha value is -2.82. The van der Waals surface area contributed by atoms with Gasteiger partial charge in [-0.25, -0.2) is 0 Å². The highest BCUT2D eigenvalue weighted by atomic mass is 16.5. The molecular formula is C19H27N3O2. The van der Waals surface area contributed by atoms with Crippen molar-refractivity contribution in [1.29, 1.82) is 0 Å². The summed E-state index contributed by atoms with van der Waals surface area (Å²) in [4.78, 5) is 0. The summed E-state index contributed by atoms with van der Waals surface area (Å²) in [5.74, 6) is 0.797. The molecule has 5 nitrogen and oxygen atoms in total. The van der Waals surface area contributed by atoms with Crippen LogP contribution in [0.1, 0.15) is 27.2 Å². The summed E-state index contributed by atoms with van der Waals surface area (Å²) < 4.78 is 5.30. The van der Waals surface area contributed by atoms with Crippen LogP contribution in [0.4, 0.5) is 5.69 Å². The Labute approximate surface area is 143 Å². The summed E-state index contributed by atoms with van der Waals surface area (Å²) in [6.07, 6.45) is 4.96. The molecule has 1 heterocycles. The van der Waals surface area contributed by atoms with E-state index in [1.165, 1.54) is 17.1 Å². The first-order valence-electron chi connectivity index (χ1n) is 8.02. The fraction of sp³-hybridized carbons (Fsp3) is 0.263. The third kappa shape index (κ3) is 6.52. The summed E-state index contributed by atoms with van der Waals surface area (Å²) in [6.45, 7) is 6.70. The van der Waals surface area contributed by atoms with E-state index in [-0.39, 0.29) is 5.75 Å². The average molecular weight is 329 g/mol. The third-order valence-corrected chi connectivity index (χ3v) is 3.06. The number of allylic oxidation sites excluding steroid dienone is 2. The van der Waals surface area contributed by atoms with E-state index in [1.807, 2.05) is 57.2 Å². The van der Waals surface area contributed by atoms with Gasteiger partial charge in [0.15, 0.2) is 0 Å². The SMILES string of the molecule is C/C=C\C.CCCOc1ccc(O)c(N)c1.c1ccc2[nH][nH]c2c1. The second-order valence-electron chi connectivity index (χ2n) is 5.03. The van der Waals surface area contributed by atoms with Gasteiger partial charge in [-0.3, -0.25) is 10.2 Å². The first-order chi connectivity index (χ1) is 11.6. The van der Waals surface area contributed by atoms with Crippen molar-refractivity contribution >= 4 is 16.7 Å². The normalized spacial score (nSPS) is 9.96. The molecule has 0 radical (unpaired) electrons. The molecule has 0 aliphatic carbocycles. The van der Waals surface area contributed by atoms with E-state index < -0.39 is 0 Å². The van der Waals surface area contributed by atoms with Gasteiger partial charge in [0.1, 0.15) is 11.5 Å². The molecule has 0 fully saturated rings. The largest absolute Gasteiger partial charge is 0.506 e. The van der Waals surface area contributed by atoms with E-state index in [2.05, 4.69) is 10.2 Å². The molecule has 2 aromatic carbocycles. The van der Waals surface area contributed by atoms with Crippen molar-refractivity contribution < 1.29 is 9.84 Å². The highest BCUT2D eigenvalue weighted by Gasteiger charge is 1.98. The summed E-state index contributed by atoms with van der Waals surface area (Å²) in [6, 6.07) is 12.9. The van der Waals surface area contributed by atoms with Gasteiger partial charge in [-0.05, 0) is 44.5 Å². The summed E-state index contributed by atoms with van der Waals surface area (Å²) >= 11 is 0. The lowest BCUT2D eigenvalue weighted by atomic mass is 10.3. The van der Waals surface area contributed by atoms with Gasteiger partial charge in [0.2, 0.25) is 0 Å². The predicted octanol–water partition coefficient (Wildman–Crippen LogP) is 4.84. The quantitative estimate of drug-likeness (QED) is 0.315. The number of aromatic hydroxyl groups is 1. The van der Waals surface area contributed by atoms with Crippen LogP contribution in [0.25, 0.3) is 11.0 Å². The molecule has 3 aromatic rings. The van der Waals surface area contributed by atoms with Crippen LogP contribution < -0.4 is 10.5 Å². The van der Waals surface area contributed by atoms with Crippen molar-refractivity contribution in [1.82, 2.24) is 10.2 Å². The molecule has 24 heavy (non-hydrogen) atoms. The minimum Gasteiger partial charge on any atom is -0.506 e. The fourth-order valence-corrected chi connectivity index (χ4v) is 1.62. The molecule has 0 aliphatic rings. The second-order valence-corrected chi connectivity index (χ2v) is 5.03. The standard InChI is InChI=1S/C9H13NO2.C6H6N2.C4H8/c1-2-5-12-7-3-4-9(11)8(10)6-7;1-2-4-6-5(3-1)7-8-6;1-3-4-2/h3-4,6,11H,2,5,10H2,1H3;1-4,7-8H;3-4H,1-2H3/b;;4-3-. The number of ether oxygens (including phenoxy) is 1. The molecule has 0 unspecified atom stereocenters. The zero-order chi connectivity index (χ0) is 17.8. The maximum Gasteiger partial charge on any atom is 0.138 e. The number of phenols is 1. The Kier molecular flexibility index (Phi) is 8.68. The van der Waals surface area contributed by atoms with Crippen LogP contribution in [0.5, 0.6) is 11.5 Å². The number of benzene rings is 2. The number of nitrogen functional groups attached to an aromatic ring is 1. The minimum absolute atomic E-state index is 0.0962. The number of nitrogens with one attached hydrogen (secondary N) is 2. The molecule has 1 aromatic heterocycles. The lowest BCUT2D eigenvalue weighted by Crippen LogP contribution is -1.95. The van der Waals surface area contributed by atoms with E-state index in [4.69, 9.17) is 15.6 Å². The Morgan fingerprint density at radius 1 is 1.04 bits per heavy atom. The topological polar surface area (TPSA) is 87.1 Å². The maximum absolute atomic E-state index is 9.09.